The molecule has 2 rings (SSSR count). The summed E-state index contributed by atoms with van der Waals surface area (Å²) in [5.74, 6) is 1.75. The van der Waals surface area contributed by atoms with Gasteiger partial charge in [-0.25, -0.2) is 0 Å². The summed E-state index contributed by atoms with van der Waals surface area (Å²) in [5, 5.41) is 0. The van der Waals surface area contributed by atoms with E-state index in [1.165, 1.54) is 32.6 Å². The van der Waals surface area contributed by atoms with Crippen molar-refractivity contribution >= 4 is 0 Å². The van der Waals surface area contributed by atoms with E-state index in [1.54, 1.807) is 7.11 Å². The summed E-state index contributed by atoms with van der Waals surface area (Å²) in [7, 11) is 1.80. The topological polar surface area (TPSA) is 15.7 Å². The zero-order chi connectivity index (χ0) is 12.5. The molecular formula is C14H28N2O. The molecule has 0 saturated carbocycles. The number of likely N-dealkylation sites (tertiary alicyclic amines) is 2. The van der Waals surface area contributed by atoms with Crippen molar-refractivity contribution in [2.45, 2.75) is 32.7 Å². The van der Waals surface area contributed by atoms with Crippen molar-refractivity contribution in [3.63, 3.8) is 0 Å². The van der Waals surface area contributed by atoms with Crippen LogP contribution in [-0.4, -0.2) is 61.8 Å². The summed E-state index contributed by atoms with van der Waals surface area (Å²) in [5.41, 5.74) is 0.339. The zero-order valence-electron chi connectivity index (χ0n) is 11.9. The van der Waals surface area contributed by atoms with Crippen LogP contribution >= 0.6 is 0 Å². The molecule has 2 aliphatic rings. The fraction of sp³-hybridized carbons (Fsp3) is 1.00. The number of methoxy groups -OCH3 is 1. The minimum Gasteiger partial charge on any atom is -0.383 e. The highest BCUT2D eigenvalue weighted by Gasteiger charge is 2.37. The number of hydrogen-bond acceptors (Lipinski definition) is 3. The largest absolute Gasteiger partial charge is 0.383 e. The lowest BCUT2D eigenvalue weighted by atomic mass is 9.82. The molecule has 2 unspecified atom stereocenters. The van der Waals surface area contributed by atoms with E-state index in [-0.39, 0.29) is 0 Å². The van der Waals surface area contributed by atoms with E-state index >= 15 is 0 Å². The molecule has 0 radical (unpaired) electrons. The van der Waals surface area contributed by atoms with Crippen molar-refractivity contribution in [3.05, 3.63) is 0 Å². The summed E-state index contributed by atoms with van der Waals surface area (Å²) in [6.07, 6.45) is 1.44. The zero-order valence-corrected chi connectivity index (χ0v) is 11.9. The van der Waals surface area contributed by atoms with Crippen molar-refractivity contribution in [2.75, 3.05) is 46.4 Å². The van der Waals surface area contributed by atoms with Gasteiger partial charge >= 0.3 is 0 Å². The Hall–Kier alpha value is -0.120. The van der Waals surface area contributed by atoms with Gasteiger partial charge < -0.3 is 9.64 Å². The summed E-state index contributed by atoms with van der Waals surface area (Å²) in [6.45, 7) is 14.1. The highest BCUT2D eigenvalue weighted by Crippen LogP contribution is 2.31. The average molecular weight is 240 g/mol. The summed E-state index contributed by atoms with van der Waals surface area (Å²) in [6, 6.07) is 0. The molecule has 100 valence electrons. The molecule has 2 fully saturated rings. The Morgan fingerprint density at radius 1 is 1.06 bits per heavy atom. The van der Waals surface area contributed by atoms with Crippen LogP contribution < -0.4 is 0 Å². The van der Waals surface area contributed by atoms with Gasteiger partial charge in [-0.05, 0) is 39.0 Å². The van der Waals surface area contributed by atoms with Crippen LogP contribution in [0, 0.1) is 11.8 Å². The predicted octanol–water partition coefficient (Wildman–Crippen LogP) is 1.68. The molecular weight excluding hydrogens is 212 g/mol. The Morgan fingerprint density at radius 2 is 1.65 bits per heavy atom. The lowest BCUT2D eigenvalue weighted by Gasteiger charge is -2.50. The number of piperidine rings is 2. The van der Waals surface area contributed by atoms with Gasteiger partial charge in [0.25, 0.3) is 0 Å². The van der Waals surface area contributed by atoms with E-state index in [9.17, 15) is 0 Å². The van der Waals surface area contributed by atoms with E-state index in [0.29, 0.717) is 5.54 Å². The molecule has 17 heavy (non-hydrogen) atoms. The Balaban J connectivity index is 1.89. The first kappa shape index (κ1) is 13.3. The predicted molar refractivity (Wildman–Crippen MR) is 71.2 cm³/mol. The van der Waals surface area contributed by atoms with Gasteiger partial charge in [-0.3, -0.25) is 4.90 Å². The third-order valence-corrected chi connectivity index (χ3v) is 4.22. The molecule has 0 aliphatic carbocycles. The molecule has 2 aliphatic heterocycles. The van der Waals surface area contributed by atoms with E-state index in [1.807, 2.05) is 0 Å². The average Bonchev–Trinajstić information content (AvgIpc) is 2.24. The minimum absolute atomic E-state index is 0.339. The number of hydrogen-bond donors (Lipinski definition) is 0. The molecule has 3 nitrogen and oxygen atoms in total. The second kappa shape index (κ2) is 5.25. The summed E-state index contributed by atoms with van der Waals surface area (Å²) >= 11 is 0. The van der Waals surface area contributed by atoms with Gasteiger partial charge in [0.2, 0.25) is 0 Å². The van der Waals surface area contributed by atoms with Gasteiger partial charge in [-0.1, -0.05) is 0 Å². The molecule has 2 bridgehead atoms. The number of ether oxygens (including phenoxy) is 1. The van der Waals surface area contributed by atoms with Gasteiger partial charge in [0.05, 0.1) is 6.61 Å². The second-order valence-corrected chi connectivity index (χ2v) is 6.80. The Morgan fingerprint density at radius 3 is 2.12 bits per heavy atom. The second-order valence-electron chi connectivity index (χ2n) is 6.80. The maximum atomic E-state index is 5.19. The molecule has 3 heteroatoms. The minimum atomic E-state index is 0.339. The molecule has 0 amide bonds. The first-order valence-electron chi connectivity index (χ1n) is 6.95. The van der Waals surface area contributed by atoms with Gasteiger partial charge in [-0.2, -0.15) is 0 Å². The number of fused-ring (bicyclic) bond motifs is 2. The van der Waals surface area contributed by atoms with E-state index in [4.69, 9.17) is 4.74 Å². The lowest BCUT2D eigenvalue weighted by Crippen LogP contribution is -2.57. The molecule has 0 aromatic rings. The SMILES string of the molecule is COCCN1CC2CC(C1)CN(C(C)(C)C)C2. The van der Waals surface area contributed by atoms with E-state index in [0.717, 1.165) is 25.0 Å². The van der Waals surface area contributed by atoms with Crippen molar-refractivity contribution in [3.8, 4) is 0 Å². The first-order chi connectivity index (χ1) is 7.99. The molecule has 0 aromatic heterocycles. The van der Waals surface area contributed by atoms with Gasteiger partial charge in [0.1, 0.15) is 0 Å². The van der Waals surface area contributed by atoms with Crippen molar-refractivity contribution < 1.29 is 4.74 Å². The molecule has 2 heterocycles. The van der Waals surface area contributed by atoms with Crippen molar-refractivity contribution in [1.29, 1.82) is 0 Å². The Bertz CT molecular complexity index is 235. The van der Waals surface area contributed by atoms with Crippen molar-refractivity contribution in [2.24, 2.45) is 11.8 Å². The Kier molecular flexibility index (Phi) is 4.11. The monoisotopic (exact) mass is 240 g/mol. The molecule has 0 spiro atoms. The third-order valence-electron chi connectivity index (χ3n) is 4.22. The number of nitrogens with zero attached hydrogens (tertiary/aromatic N) is 2. The van der Waals surface area contributed by atoms with Gasteiger partial charge in [0.15, 0.2) is 0 Å². The summed E-state index contributed by atoms with van der Waals surface area (Å²) < 4.78 is 5.19. The van der Waals surface area contributed by atoms with Crippen LogP contribution in [0.5, 0.6) is 0 Å². The highest BCUT2D eigenvalue weighted by atomic mass is 16.5. The molecule has 2 atom stereocenters. The summed E-state index contributed by atoms with van der Waals surface area (Å²) in [4.78, 5) is 5.28. The van der Waals surface area contributed by atoms with Crippen LogP contribution in [0.2, 0.25) is 0 Å². The fourth-order valence-electron chi connectivity index (χ4n) is 3.34. The normalized spacial score (nSPS) is 31.8. The highest BCUT2D eigenvalue weighted by molar-refractivity contribution is 4.91. The standard InChI is InChI=1S/C14H28N2O/c1-14(2,3)16-10-12-7-13(11-16)9-15(8-12)5-6-17-4/h12-13H,5-11H2,1-4H3. The number of rotatable bonds is 3. The van der Waals surface area contributed by atoms with Crippen molar-refractivity contribution in [1.82, 2.24) is 9.80 Å². The third kappa shape index (κ3) is 3.43. The quantitative estimate of drug-likeness (QED) is 0.746. The fourth-order valence-corrected chi connectivity index (χ4v) is 3.34. The molecule has 0 N–H and O–H groups in total. The van der Waals surface area contributed by atoms with Crippen LogP contribution in [0.15, 0.2) is 0 Å². The first-order valence-corrected chi connectivity index (χ1v) is 6.95. The van der Waals surface area contributed by atoms with Gasteiger partial charge in [0, 0.05) is 45.4 Å². The van der Waals surface area contributed by atoms with Crippen LogP contribution in [0.25, 0.3) is 0 Å². The van der Waals surface area contributed by atoms with E-state index < -0.39 is 0 Å². The molecule has 0 aromatic carbocycles. The van der Waals surface area contributed by atoms with Crippen LogP contribution in [0.1, 0.15) is 27.2 Å². The maximum Gasteiger partial charge on any atom is 0.0589 e. The van der Waals surface area contributed by atoms with E-state index in [2.05, 4.69) is 30.6 Å². The van der Waals surface area contributed by atoms with Crippen LogP contribution in [0.4, 0.5) is 0 Å². The smallest absolute Gasteiger partial charge is 0.0589 e. The van der Waals surface area contributed by atoms with Crippen LogP contribution in [-0.2, 0) is 4.74 Å². The van der Waals surface area contributed by atoms with Gasteiger partial charge in [-0.15, -0.1) is 0 Å². The van der Waals surface area contributed by atoms with Crippen LogP contribution in [0.3, 0.4) is 0 Å². The maximum absolute atomic E-state index is 5.19. The lowest BCUT2D eigenvalue weighted by molar-refractivity contribution is -0.0150. The Labute approximate surface area is 106 Å². The molecule has 2 saturated heterocycles.